The van der Waals surface area contributed by atoms with Gasteiger partial charge >= 0.3 is 6.09 Å². The summed E-state index contributed by atoms with van der Waals surface area (Å²) < 4.78 is 11.7. The van der Waals surface area contributed by atoms with Crippen LogP contribution >= 0.6 is 11.6 Å². The fraction of sp³-hybridized carbons (Fsp3) is 0.619. The molecule has 0 spiro atoms. The third-order valence-corrected chi connectivity index (χ3v) is 5.61. The molecule has 158 valence electrons. The summed E-state index contributed by atoms with van der Waals surface area (Å²) >= 11 is 6.35. The van der Waals surface area contributed by atoms with E-state index in [1.165, 1.54) is 12.8 Å². The number of benzene rings is 1. The molecule has 2 saturated heterocycles. The molecule has 4 rings (SSSR count). The molecule has 2 aliphatic rings. The zero-order chi connectivity index (χ0) is 20.8. The summed E-state index contributed by atoms with van der Waals surface area (Å²) in [7, 11) is 0. The number of fused-ring (bicyclic) bond motifs is 1. The highest BCUT2D eigenvalue weighted by Crippen LogP contribution is 2.36. The van der Waals surface area contributed by atoms with Gasteiger partial charge in [-0.15, -0.1) is 0 Å². The molecule has 0 N–H and O–H groups in total. The minimum atomic E-state index is -0.497. The second-order valence-corrected chi connectivity index (χ2v) is 9.37. The monoisotopic (exact) mass is 420 g/mol. The first-order chi connectivity index (χ1) is 13.7. The van der Waals surface area contributed by atoms with Crippen LogP contribution in [0.4, 0.5) is 16.5 Å². The van der Waals surface area contributed by atoms with Crippen molar-refractivity contribution in [3.63, 3.8) is 0 Å². The van der Waals surface area contributed by atoms with Crippen molar-refractivity contribution in [3.8, 4) is 0 Å². The Morgan fingerprint density at radius 2 is 1.93 bits per heavy atom. The molecule has 0 bridgehead atoms. The number of anilines is 2. The van der Waals surface area contributed by atoms with E-state index in [4.69, 9.17) is 25.7 Å². The fourth-order valence-corrected chi connectivity index (χ4v) is 4.23. The molecule has 0 aliphatic carbocycles. The average molecular weight is 421 g/mol. The minimum Gasteiger partial charge on any atom is -0.444 e. The number of piperazine rings is 1. The number of aromatic nitrogens is 1. The lowest BCUT2D eigenvalue weighted by molar-refractivity contribution is 0.0216. The Morgan fingerprint density at radius 1 is 1.21 bits per heavy atom. The zero-order valence-electron chi connectivity index (χ0n) is 17.6. The third kappa shape index (κ3) is 4.25. The molecule has 1 amide bonds. The molecule has 1 atom stereocenters. The van der Waals surface area contributed by atoms with Gasteiger partial charge in [0.25, 0.3) is 6.01 Å². The Hall–Kier alpha value is -2.15. The Bertz CT molecular complexity index is 901. The van der Waals surface area contributed by atoms with Crippen LogP contribution in [0.25, 0.3) is 11.1 Å². The lowest BCUT2D eigenvalue weighted by Gasteiger charge is -2.39. The normalized spacial score (nSPS) is 20.6. The van der Waals surface area contributed by atoms with Gasteiger partial charge in [0.15, 0.2) is 5.58 Å². The summed E-state index contributed by atoms with van der Waals surface area (Å²) in [5.41, 5.74) is 2.08. The van der Waals surface area contributed by atoms with E-state index < -0.39 is 5.60 Å². The van der Waals surface area contributed by atoms with Gasteiger partial charge in [0, 0.05) is 43.8 Å². The van der Waals surface area contributed by atoms with Gasteiger partial charge < -0.3 is 23.9 Å². The Kier molecular flexibility index (Phi) is 5.27. The Morgan fingerprint density at radius 3 is 2.59 bits per heavy atom. The van der Waals surface area contributed by atoms with E-state index in [0.29, 0.717) is 30.7 Å². The standard InChI is InChI=1S/C21H29ClN4O3/c1-14-13-25(20(27)29-21(2,3)4)9-10-26(14)19-23-16-11-15(22)12-17(18(16)28-19)24-7-5-6-8-24/h11-12,14H,5-10,13H2,1-4H3/t14-/m0/s1. The molecule has 0 saturated carbocycles. The first kappa shape index (κ1) is 20.1. The second-order valence-electron chi connectivity index (χ2n) is 8.93. The molecule has 0 unspecified atom stereocenters. The van der Waals surface area contributed by atoms with Crippen LogP contribution in [-0.2, 0) is 4.74 Å². The highest BCUT2D eigenvalue weighted by atomic mass is 35.5. The van der Waals surface area contributed by atoms with E-state index >= 15 is 0 Å². The topological polar surface area (TPSA) is 62.1 Å². The summed E-state index contributed by atoms with van der Waals surface area (Å²) in [6, 6.07) is 4.47. The van der Waals surface area contributed by atoms with Crippen LogP contribution < -0.4 is 9.80 Å². The molecule has 2 aliphatic heterocycles. The highest BCUT2D eigenvalue weighted by Gasteiger charge is 2.32. The smallest absolute Gasteiger partial charge is 0.410 e. The second kappa shape index (κ2) is 7.59. The quantitative estimate of drug-likeness (QED) is 0.711. The molecule has 0 radical (unpaired) electrons. The summed E-state index contributed by atoms with van der Waals surface area (Å²) in [6.07, 6.45) is 2.08. The van der Waals surface area contributed by atoms with Crippen LogP contribution in [0.1, 0.15) is 40.5 Å². The molecule has 3 heterocycles. The van der Waals surface area contributed by atoms with Gasteiger partial charge in [-0.25, -0.2) is 4.79 Å². The van der Waals surface area contributed by atoms with Gasteiger partial charge in [0.1, 0.15) is 11.1 Å². The van der Waals surface area contributed by atoms with Crippen LogP contribution in [0.3, 0.4) is 0 Å². The molecular weight excluding hydrogens is 392 g/mol. The van der Waals surface area contributed by atoms with Crippen LogP contribution in [0.5, 0.6) is 0 Å². The number of oxazole rings is 1. The van der Waals surface area contributed by atoms with Gasteiger partial charge in [0.05, 0.1) is 5.69 Å². The highest BCUT2D eigenvalue weighted by molar-refractivity contribution is 6.31. The number of amides is 1. The first-order valence-electron chi connectivity index (χ1n) is 10.3. The van der Waals surface area contributed by atoms with Crippen molar-refractivity contribution in [2.75, 3.05) is 42.5 Å². The van der Waals surface area contributed by atoms with Gasteiger partial charge in [-0.3, -0.25) is 0 Å². The maximum absolute atomic E-state index is 12.4. The van der Waals surface area contributed by atoms with Crippen LogP contribution in [-0.4, -0.2) is 60.3 Å². The molecule has 7 nitrogen and oxygen atoms in total. The maximum Gasteiger partial charge on any atom is 0.410 e. The number of halogens is 1. The van der Waals surface area contributed by atoms with E-state index in [9.17, 15) is 4.79 Å². The maximum atomic E-state index is 12.4. The van der Waals surface area contributed by atoms with Crippen molar-refractivity contribution >= 4 is 40.5 Å². The van der Waals surface area contributed by atoms with E-state index in [0.717, 1.165) is 29.9 Å². The lowest BCUT2D eigenvalue weighted by atomic mass is 10.2. The number of carbonyl (C=O) groups excluding carboxylic acids is 1. The number of hydrogen-bond donors (Lipinski definition) is 0. The predicted molar refractivity (Wildman–Crippen MR) is 115 cm³/mol. The van der Waals surface area contributed by atoms with Crippen LogP contribution in [0.15, 0.2) is 16.5 Å². The van der Waals surface area contributed by atoms with Crippen molar-refractivity contribution in [1.82, 2.24) is 9.88 Å². The van der Waals surface area contributed by atoms with E-state index in [2.05, 4.69) is 16.7 Å². The van der Waals surface area contributed by atoms with Crippen LogP contribution in [0.2, 0.25) is 5.02 Å². The molecular formula is C21H29ClN4O3. The summed E-state index contributed by atoms with van der Waals surface area (Å²) in [5.74, 6) is 0. The molecule has 2 aromatic rings. The number of nitrogens with zero attached hydrogens (tertiary/aromatic N) is 4. The summed E-state index contributed by atoms with van der Waals surface area (Å²) in [6.45, 7) is 11.5. The van der Waals surface area contributed by atoms with Crippen molar-refractivity contribution in [3.05, 3.63) is 17.2 Å². The number of carbonyl (C=O) groups is 1. The molecule has 8 heteroatoms. The Balaban J connectivity index is 1.55. The molecule has 1 aromatic carbocycles. The zero-order valence-corrected chi connectivity index (χ0v) is 18.3. The predicted octanol–water partition coefficient (Wildman–Crippen LogP) is 4.53. The van der Waals surface area contributed by atoms with Crippen molar-refractivity contribution in [2.24, 2.45) is 0 Å². The largest absolute Gasteiger partial charge is 0.444 e. The van der Waals surface area contributed by atoms with Gasteiger partial charge in [-0.05, 0) is 52.7 Å². The van der Waals surface area contributed by atoms with Crippen LogP contribution in [0, 0.1) is 0 Å². The van der Waals surface area contributed by atoms with Crippen molar-refractivity contribution in [2.45, 2.75) is 52.2 Å². The number of rotatable bonds is 2. The van der Waals surface area contributed by atoms with Gasteiger partial charge in [0.2, 0.25) is 0 Å². The van der Waals surface area contributed by atoms with Gasteiger partial charge in [-0.1, -0.05) is 11.6 Å². The number of ether oxygens (including phenoxy) is 1. The first-order valence-corrected chi connectivity index (χ1v) is 10.7. The molecule has 2 fully saturated rings. The number of hydrogen-bond acceptors (Lipinski definition) is 6. The lowest BCUT2D eigenvalue weighted by Crippen LogP contribution is -2.54. The third-order valence-electron chi connectivity index (χ3n) is 5.40. The minimum absolute atomic E-state index is 0.0649. The van der Waals surface area contributed by atoms with E-state index in [1.54, 1.807) is 4.90 Å². The SMILES string of the molecule is C[C@H]1CN(C(=O)OC(C)(C)C)CCN1c1nc2cc(Cl)cc(N3CCCC3)c2o1. The summed E-state index contributed by atoms with van der Waals surface area (Å²) in [4.78, 5) is 23.3. The Labute approximate surface area is 176 Å². The average Bonchev–Trinajstić information content (AvgIpc) is 3.29. The van der Waals surface area contributed by atoms with Gasteiger partial charge in [-0.2, -0.15) is 4.98 Å². The van der Waals surface area contributed by atoms with E-state index in [1.807, 2.05) is 32.9 Å². The molecule has 1 aromatic heterocycles. The molecule has 29 heavy (non-hydrogen) atoms. The van der Waals surface area contributed by atoms with E-state index in [-0.39, 0.29) is 12.1 Å². The van der Waals surface area contributed by atoms with Crippen molar-refractivity contribution < 1.29 is 13.9 Å². The summed E-state index contributed by atoms with van der Waals surface area (Å²) in [5, 5.41) is 0.669. The fourth-order valence-electron chi connectivity index (χ4n) is 4.02. The van der Waals surface area contributed by atoms with Crippen molar-refractivity contribution in [1.29, 1.82) is 0 Å².